The van der Waals surface area contributed by atoms with E-state index in [-0.39, 0.29) is 24.9 Å². The number of fused-ring (bicyclic) bond motifs is 1. The summed E-state index contributed by atoms with van der Waals surface area (Å²) in [5.41, 5.74) is 0. The number of piperidine rings is 1. The molecule has 0 spiro atoms. The predicted octanol–water partition coefficient (Wildman–Crippen LogP) is -2.07. The molecule has 1 aliphatic heterocycles. The van der Waals surface area contributed by atoms with Crippen LogP contribution in [-0.4, -0.2) is 18.4 Å². The van der Waals surface area contributed by atoms with Crippen LogP contribution in [0.3, 0.4) is 0 Å². The Kier molecular flexibility index (Phi) is 3.70. The molecule has 0 aromatic carbocycles. The molecule has 2 atom stereocenters. The maximum atomic E-state index is 11.3. The second kappa shape index (κ2) is 4.37. The van der Waals surface area contributed by atoms with E-state index in [0.29, 0.717) is 11.7 Å². The van der Waals surface area contributed by atoms with Gasteiger partial charge in [-0.25, -0.2) is 0 Å². The van der Waals surface area contributed by atoms with Crippen molar-refractivity contribution >= 4 is 5.78 Å². The van der Waals surface area contributed by atoms with Crippen molar-refractivity contribution in [2.24, 2.45) is 5.92 Å². The smallest absolute Gasteiger partial charge is 0.333 e. The van der Waals surface area contributed by atoms with Gasteiger partial charge in [0.1, 0.15) is 0 Å². The molecule has 1 saturated heterocycles. The topological polar surface area (TPSA) is 29.1 Å². The monoisotopic (exact) mass is 159 g/mol. The van der Waals surface area contributed by atoms with Crippen molar-refractivity contribution in [3.8, 4) is 0 Å². The molecular weight excluding hydrogens is 145 g/mol. The van der Waals surface area contributed by atoms with E-state index in [4.69, 9.17) is 0 Å². The third-order valence-corrected chi connectivity index (χ3v) is 2.78. The minimum Gasteiger partial charge on any atom is -0.333 e. The zero-order valence-corrected chi connectivity index (χ0v) is 7.68. The van der Waals surface area contributed by atoms with Gasteiger partial charge in [-0.1, -0.05) is 6.42 Å². The predicted molar refractivity (Wildman–Crippen MR) is 43.1 cm³/mol. The first-order chi connectivity index (χ1) is 5.38. The van der Waals surface area contributed by atoms with E-state index >= 15 is 0 Å². The summed E-state index contributed by atoms with van der Waals surface area (Å²) in [6, 6.07) is 0.178. The van der Waals surface area contributed by atoms with Gasteiger partial charge in [0, 0.05) is 11.8 Å². The van der Waals surface area contributed by atoms with Crippen molar-refractivity contribution in [2.45, 2.75) is 31.7 Å². The van der Waals surface area contributed by atoms with E-state index in [9.17, 15) is 4.79 Å². The van der Waals surface area contributed by atoms with Crippen LogP contribution in [-0.2, 0) is 4.79 Å². The Morgan fingerprint density at radius 1 is 1.42 bits per heavy atom. The Hall–Kier alpha value is 0.0974. The standard InChI is InChI=1S/C9H14NO.Li/c11-8-5-1-3-7-4-2-6-10-9(7)8;/h5,7,9-10H,1-4,6H2;/q-1;+1. The van der Waals surface area contributed by atoms with E-state index in [1.165, 1.54) is 19.3 Å². The molecule has 62 valence electrons. The van der Waals surface area contributed by atoms with Crippen LogP contribution in [0.25, 0.3) is 0 Å². The van der Waals surface area contributed by atoms with Gasteiger partial charge in [-0.05, 0) is 25.3 Å². The number of ketones is 1. The van der Waals surface area contributed by atoms with Crippen LogP contribution >= 0.6 is 0 Å². The second-order valence-corrected chi connectivity index (χ2v) is 3.52. The fourth-order valence-electron chi connectivity index (χ4n) is 2.17. The zero-order valence-electron chi connectivity index (χ0n) is 7.68. The first-order valence-corrected chi connectivity index (χ1v) is 4.48. The van der Waals surface area contributed by atoms with E-state index in [1.54, 1.807) is 0 Å². The molecule has 1 N–H and O–H groups in total. The van der Waals surface area contributed by atoms with Gasteiger partial charge in [0.05, 0.1) is 0 Å². The van der Waals surface area contributed by atoms with Crippen LogP contribution in [0.15, 0.2) is 0 Å². The van der Waals surface area contributed by atoms with Crippen LogP contribution in [0.4, 0.5) is 0 Å². The summed E-state index contributed by atoms with van der Waals surface area (Å²) in [5.74, 6) is 0.974. The molecule has 0 aromatic heterocycles. The molecule has 2 unspecified atom stereocenters. The molecule has 0 bridgehead atoms. The van der Waals surface area contributed by atoms with Gasteiger partial charge in [0.15, 0.2) is 0 Å². The average molecular weight is 159 g/mol. The Balaban J connectivity index is 0.000000720. The van der Waals surface area contributed by atoms with Crippen molar-refractivity contribution in [2.75, 3.05) is 6.54 Å². The van der Waals surface area contributed by atoms with Gasteiger partial charge < -0.3 is 16.5 Å². The number of rotatable bonds is 0. The van der Waals surface area contributed by atoms with Crippen LogP contribution < -0.4 is 24.2 Å². The van der Waals surface area contributed by atoms with E-state index in [0.717, 1.165) is 13.0 Å². The number of carbonyl (C=O) groups excluding carboxylic acids is 1. The van der Waals surface area contributed by atoms with E-state index < -0.39 is 0 Å². The minimum atomic E-state index is 0. The van der Waals surface area contributed by atoms with Gasteiger partial charge in [0.2, 0.25) is 0 Å². The third-order valence-electron chi connectivity index (χ3n) is 2.78. The Morgan fingerprint density at radius 3 is 3.00 bits per heavy atom. The molecular formula is C9H14LiNO. The molecule has 0 radical (unpaired) electrons. The number of carbonyl (C=O) groups is 1. The fraction of sp³-hybridized carbons (Fsp3) is 0.778. The largest absolute Gasteiger partial charge is 1.00 e. The van der Waals surface area contributed by atoms with Crippen LogP contribution in [0.1, 0.15) is 25.7 Å². The fourth-order valence-corrected chi connectivity index (χ4v) is 2.17. The molecule has 2 aliphatic rings. The Labute approximate surface area is 85.7 Å². The van der Waals surface area contributed by atoms with Crippen molar-refractivity contribution in [3.63, 3.8) is 0 Å². The number of hydrogen-bond donors (Lipinski definition) is 1. The van der Waals surface area contributed by atoms with Gasteiger partial charge in [-0.2, -0.15) is 6.42 Å². The number of Topliss-reactive ketones (excluding diaryl/α,β-unsaturated/α-hetero) is 1. The Bertz CT molecular complexity index is 170. The molecule has 2 rings (SSSR count). The summed E-state index contributed by atoms with van der Waals surface area (Å²) in [7, 11) is 0. The maximum Gasteiger partial charge on any atom is 1.00 e. The van der Waals surface area contributed by atoms with Crippen LogP contribution in [0.5, 0.6) is 0 Å². The van der Waals surface area contributed by atoms with E-state index in [2.05, 4.69) is 5.32 Å². The molecule has 2 nitrogen and oxygen atoms in total. The molecule has 12 heavy (non-hydrogen) atoms. The van der Waals surface area contributed by atoms with Gasteiger partial charge in [-0.3, -0.25) is 0 Å². The number of hydrogen-bond acceptors (Lipinski definition) is 2. The molecule has 2 fully saturated rings. The van der Waals surface area contributed by atoms with E-state index in [1.807, 2.05) is 6.42 Å². The molecule has 0 aromatic rings. The summed E-state index contributed by atoms with van der Waals surface area (Å²) >= 11 is 0. The zero-order chi connectivity index (χ0) is 7.68. The molecule has 1 heterocycles. The van der Waals surface area contributed by atoms with Crippen LogP contribution in [0, 0.1) is 12.3 Å². The molecule has 3 heteroatoms. The summed E-state index contributed by atoms with van der Waals surface area (Å²) in [4.78, 5) is 11.3. The second-order valence-electron chi connectivity index (χ2n) is 3.52. The maximum absolute atomic E-state index is 11.3. The first-order valence-electron chi connectivity index (χ1n) is 4.48. The minimum absolute atomic E-state index is 0. The SMILES string of the molecule is O=C1[CH-]CCC2CCCNC12.[Li+]. The van der Waals surface area contributed by atoms with Crippen LogP contribution in [0.2, 0.25) is 0 Å². The van der Waals surface area contributed by atoms with Gasteiger partial charge in [-0.15, -0.1) is 0 Å². The Morgan fingerprint density at radius 2 is 2.25 bits per heavy atom. The quantitative estimate of drug-likeness (QED) is 0.325. The van der Waals surface area contributed by atoms with Gasteiger partial charge in [0.25, 0.3) is 0 Å². The summed E-state index contributed by atoms with van der Waals surface area (Å²) < 4.78 is 0. The summed E-state index contributed by atoms with van der Waals surface area (Å²) in [5, 5.41) is 3.29. The van der Waals surface area contributed by atoms with Crippen molar-refractivity contribution in [1.29, 1.82) is 0 Å². The summed E-state index contributed by atoms with van der Waals surface area (Å²) in [6.45, 7) is 1.03. The molecule has 1 saturated carbocycles. The van der Waals surface area contributed by atoms with Gasteiger partial charge >= 0.3 is 18.9 Å². The van der Waals surface area contributed by atoms with Crippen molar-refractivity contribution < 1.29 is 23.7 Å². The summed E-state index contributed by atoms with van der Waals surface area (Å²) in [6.07, 6.45) is 6.55. The normalized spacial score (nSPS) is 34.5. The third kappa shape index (κ3) is 1.88. The first kappa shape index (κ1) is 10.2. The molecule has 1 aliphatic carbocycles. The van der Waals surface area contributed by atoms with Crippen molar-refractivity contribution in [3.05, 3.63) is 6.42 Å². The number of nitrogens with one attached hydrogen (secondary N) is 1. The van der Waals surface area contributed by atoms with Crippen molar-refractivity contribution in [1.82, 2.24) is 5.32 Å². The molecule has 0 amide bonds. The average Bonchev–Trinajstić information content (AvgIpc) is 2.06.